The van der Waals surface area contributed by atoms with Crippen molar-refractivity contribution in [1.29, 1.82) is 0 Å². The van der Waals surface area contributed by atoms with E-state index in [0.29, 0.717) is 0 Å². The standard InChI is InChI=1S/C39H22N2O3/c1-3-9-33-26(6-1)28-14-11-24(21-37(28)43-33)41(25-12-15-29-27-7-2-4-10-34(27)44-38(29)22-25)23-13-17-35-31(20-23)39-30-8-5-19-40-32(30)16-18-36(39)42-35/h1-22H. The van der Waals surface area contributed by atoms with Gasteiger partial charge in [0, 0.05) is 73.1 Å². The van der Waals surface area contributed by atoms with E-state index in [4.69, 9.17) is 13.3 Å². The fraction of sp³-hybridized carbons (Fsp3) is 0. The summed E-state index contributed by atoms with van der Waals surface area (Å²) in [5.41, 5.74) is 9.00. The molecule has 0 fully saturated rings. The van der Waals surface area contributed by atoms with Crippen LogP contribution in [0, 0.1) is 0 Å². The average Bonchev–Trinajstić information content (AvgIpc) is 3.75. The Bertz CT molecular complexity index is 2630. The molecule has 0 atom stereocenters. The lowest BCUT2D eigenvalue weighted by Crippen LogP contribution is -2.09. The monoisotopic (exact) mass is 566 g/mol. The molecule has 0 radical (unpaired) electrons. The molecule has 6 aromatic carbocycles. The summed E-state index contributed by atoms with van der Waals surface area (Å²) in [4.78, 5) is 6.84. The second kappa shape index (κ2) is 8.72. The van der Waals surface area contributed by atoms with Crippen molar-refractivity contribution in [3.8, 4) is 0 Å². The maximum absolute atomic E-state index is 6.32. The normalized spacial score (nSPS) is 12.1. The molecule has 0 aliphatic carbocycles. The summed E-state index contributed by atoms with van der Waals surface area (Å²) in [6, 6.07) is 43.6. The van der Waals surface area contributed by atoms with E-state index < -0.39 is 0 Å². The second-order valence-corrected chi connectivity index (χ2v) is 11.2. The summed E-state index contributed by atoms with van der Waals surface area (Å²) in [6.07, 6.45) is 1.83. The molecule has 0 amide bonds. The van der Waals surface area contributed by atoms with E-state index in [1.165, 1.54) is 0 Å². The maximum Gasteiger partial charge on any atom is 0.137 e. The molecule has 0 saturated heterocycles. The molecule has 0 spiro atoms. The first-order chi connectivity index (χ1) is 21.8. The Morgan fingerprint density at radius 1 is 0.386 bits per heavy atom. The van der Waals surface area contributed by atoms with Gasteiger partial charge < -0.3 is 18.2 Å². The van der Waals surface area contributed by atoms with E-state index in [1.54, 1.807) is 0 Å². The number of rotatable bonds is 3. The lowest BCUT2D eigenvalue weighted by atomic mass is 10.1. The molecule has 5 nitrogen and oxygen atoms in total. The fourth-order valence-corrected chi connectivity index (χ4v) is 6.71. The molecule has 206 valence electrons. The van der Waals surface area contributed by atoms with Gasteiger partial charge in [0.2, 0.25) is 0 Å². The summed E-state index contributed by atoms with van der Waals surface area (Å²) in [5, 5.41) is 7.56. The number of para-hydroxylation sites is 2. The molecule has 0 aliphatic rings. The first-order valence-corrected chi connectivity index (χ1v) is 14.6. The zero-order valence-electron chi connectivity index (χ0n) is 23.3. The highest BCUT2D eigenvalue weighted by Crippen LogP contribution is 2.43. The van der Waals surface area contributed by atoms with Gasteiger partial charge in [0.1, 0.15) is 33.5 Å². The number of hydrogen-bond acceptors (Lipinski definition) is 5. The van der Waals surface area contributed by atoms with Crippen molar-refractivity contribution in [3.63, 3.8) is 0 Å². The minimum absolute atomic E-state index is 0.834. The zero-order chi connectivity index (χ0) is 28.8. The van der Waals surface area contributed by atoms with Crippen molar-refractivity contribution >= 4 is 93.8 Å². The van der Waals surface area contributed by atoms with Gasteiger partial charge in [-0.05, 0) is 72.8 Å². The lowest BCUT2D eigenvalue weighted by Gasteiger charge is -2.25. The van der Waals surface area contributed by atoms with Gasteiger partial charge in [0.05, 0.1) is 5.52 Å². The minimum atomic E-state index is 0.834. The van der Waals surface area contributed by atoms with Crippen molar-refractivity contribution in [2.24, 2.45) is 0 Å². The average molecular weight is 567 g/mol. The van der Waals surface area contributed by atoms with Gasteiger partial charge in [-0.1, -0.05) is 42.5 Å². The van der Waals surface area contributed by atoms with Crippen LogP contribution in [0.4, 0.5) is 17.1 Å². The van der Waals surface area contributed by atoms with Crippen LogP contribution in [-0.4, -0.2) is 4.98 Å². The van der Waals surface area contributed by atoms with E-state index in [9.17, 15) is 0 Å². The van der Waals surface area contributed by atoms with E-state index in [-0.39, 0.29) is 0 Å². The molecule has 0 unspecified atom stereocenters. The lowest BCUT2D eigenvalue weighted by molar-refractivity contribution is 0.668. The maximum atomic E-state index is 6.32. The van der Waals surface area contributed by atoms with Crippen LogP contribution in [0.25, 0.3) is 76.7 Å². The van der Waals surface area contributed by atoms with Gasteiger partial charge in [0.25, 0.3) is 0 Å². The van der Waals surface area contributed by atoms with Crippen LogP contribution in [0.2, 0.25) is 0 Å². The van der Waals surface area contributed by atoms with E-state index in [1.807, 2.05) is 60.8 Å². The van der Waals surface area contributed by atoms with Crippen molar-refractivity contribution < 1.29 is 13.3 Å². The molecule has 0 N–H and O–H groups in total. The van der Waals surface area contributed by atoms with Gasteiger partial charge in [-0.2, -0.15) is 0 Å². The number of furan rings is 3. The van der Waals surface area contributed by atoms with Gasteiger partial charge in [-0.15, -0.1) is 0 Å². The van der Waals surface area contributed by atoms with E-state index in [2.05, 4.69) is 82.7 Å². The van der Waals surface area contributed by atoms with Crippen molar-refractivity contribution in [3.05, 3.63) is 134 Å². The van der Waals surface area contributed by atoms with Crippen LogP contribution < -0.4 is 4.90 Å². The van der Waals surface area contributed by atoms with Crippen LogP contribution >= 0.6 is 0 Å². The molecule has 0 saturated carbocycles. The second-order valence-electron chi connectivity index (χ2n) is 11.2. The van der Waals surface area contributed by atoms with Crippen LogP contribution in [-0.2, 0) is 0 Å². The highest BCUT2D eigenvalue weighted by atomic mass is 16.3. The van der Waals surface area contributed by atoms with Crippen LogP contribution in [0.5, 0.6) is 0 Å². The fourth-order valence-electron chi connectivity index (χ4n) is 6.71. The number of fused-ring (bicyclic) bond motifs is 11. The van der Waals surface area contributed by atoms with Crippen LogP contribution in [0.3, 0.4) is 0 Å². The van der Waals surface area contributed by atoms with Crippen molar-refractivity contribution in [1.82, 2.24) is 4.98 Å². The van der Waals surface area contributed by atoms with Crippen molar-refractivity contribution in [2.75, 3.05) is 4.90 Å². The molecular weight excluding hydrogens is 544 g/mol. The van der Waals surface area contributed by atoms with Gasteiger partial charge in [0.15, 0.2) is 0 Å². The zero-order valence-corrected chi connectivity index (χ0v) is 23.3. The Hall–Kier alpha value is -6.07. The Morgan fingerprint density at radius 2 is 0.909 bits per heavy atom. The van der Waals surface area contributed by atoms with Crippen molar-refractivity contribution in [2.45, 2.75) is 0 Å². The predicted molar refractivity (Wildman–Crippen MR) is 178 cm³/mol. The molecule has 10 rings (SSSR count). The number of aromatic nitrogens is 1. The number of anilines is 3. The summed E-state index contributed by atoms with van der Waals surface area (Å²) in [6.45, 7) is 0. The van der Waals surface area contributed by atoms with Gasteiger partial charge in [-0.3, -0.25) is 4.98 Å². The first kappa shape index (κ1) is 23.5. The third kappa shape index (κ3) is 3.32. The summed E-state index contributed by atoms with van der Waals surface area (Å²) < 4.78 is 19.0. The topological polar surface area (TPSA) is 55.6 Å². The molecule has 0 aliphatic heterocycles. The summed E-state index contributed by atoms with van der Waals surface area (Å²) in [5.74, 6) is 0. The number of hydrogen-bond donors (Lipinski definition) is 0. The van der Waals surface area contributed by atoms with Crippen LogP contribution in [0.1, 0.15) is 0 Å². The Balaban J connectivity index is 1.24. The molecule has 4 heterocycles. The van der Waals surface area contributed by atoms with Crippen LogP contribution in [0.15, 0.2) is 147 Å². The Kier molecular flexibility index (Phi) is 4.66. The number of benzene rings is 6. The highest BCUT2D eigenvalue weighted by Gasteiger charge is 2.19. The first-order valence-electron chi connectivity index (χ1n) is 14.6. The third-order valence-electron chi connectivity index (χ3n) is 8.70. The van der Waals surface area contributed by atoms with E-state index in [0.717, 1.165) is 93.8 Å². The van der Waals surface area contributed by atoms with Gasteiger partial charge >= 0.3 is 0 Å². The summed E-state index contributed by atoms with van der Waals surface area (Å²) in [7, 11) is 0. The van der Waals surface area contributed by atoms with E-state index >= 15 is 0 Å². The minimum Gasteiger partial charge on any atom is -0.456 e. The predicted octanol–water partition coefficient (Wildman–Crippen LogP) is 11.4. The SMILES string of the molecule is c1ccc2c(c1)oc1cc(N(c3ccc4c(c3)oc3ccccc34)c3ccc4oc5ccc6ncccc6c5c4c3)ccc12. The molecular formula is C39H22N2O3. The molecule has 10 aromatic rings. The summed E-state index contributed by atoms with van der Waals surface area (Å²) >= 11 is 0. The molecule has 0 bridgehead atoms. The quantitative estimate of drug-likeness (QED) is 0.213. The largest absolute Gasteiger partial charge is 0.456 e. The van der Waals surface area contributed by atoms with Gasteiger partial charge in [-0.25, -0.2) is 0 Å². The Morgan fingerprint density at radius 3 is 1.61 bits per heavy atom. The smallest absolute Gasteiger partial charge is 0.137 e. The Labute approximate surface area is 250 Å². The molecule has 4 aromatic heterocycles. The molecule has 5 heteroatoms. The molecule has 44 heavy (non-hydrogen) atoms. The highest BCUT2D eigenvalue weighted by molar-refractivity contribution is 6.19. The number of nitrogens with zero attached hydrogens (tertiary/aromatic N) is 2. The third-order valence-corrected chi connectivity index (χ3v) is 8.70. The number of pyridine rings is 1.